The lowest BCUT2D eigenvalue weighted by molar-refractivity contribution is 0.340. The van der Waals surface area contributed by atoms with Crippen LogP contribution >= 0.6 is 0 Å². The van der Waals surface area contributed by atoms with Crippen LogP contribution in [0.5, 0.6) is 0 Å². The summed E-state index contributed by atoms with van der Waals surface area (Å²) >= 11 is 0. The molecule has 0 aliphatic heterocycles. The van der Waals surface area contributed by atoms with E-state index in [2.05, 4.69) is 13.8 Å². The summed E-state index contributed by atoms with van der Waals surface area (Å²) < 4.78 is 0. The first-order valence-electron chi connectivity index (χ1n) is 6.45. The summed E-state index contributed by atoms with van der Waals surface area (Å²) in [6.07, 6.45) is 11.0. The third kappa shape index (κ3) is 4.45. The van der Waals surface area contributed by atoms with Crippen LogP contribution < -0.4 is 5.73 Å². The minimum absolute atomic E-state index is 0.482. The standard InChI is InChI=1S/C13H27N/c1-11(2)9-10-13(14)12-7-5-3-4-6-8-12/h11-13H,3-10,14H2,1-2H3. The second-order valence-electron chi connectivity index (χ2n) is 5.39. The Morgan fingerprint density at radius 3 is 2.07 bits per heavy atom. The second kappa shape index (κ2) is 6.44. The van der Waals surface area contributed by atoms with E-state index in [4.69, 9.17) is 5.73 Å². The van der Waals surface area contributed by atoms with Gasteiger partial charge in [-0.15, -0.1) is 0 Å². The van der Waals surface area contributed by atoms with E-state index in [1.165, 1.54) is 51.4 Å². The molecule has 1 unspecified atom stereocenters. The van der Waals surface area contributed by atoms with Crippen LogP contribution in [-0.4, -0.2) is 6.04 Å². The van der Waals surface area contributed by atoms with Crippen molar-refractivity contribution in [2.45, 2.75) is 71.3 Å². The van der Waals surface area contributed by atoms with Gasteiger partial charge in [0.15, 0.2) is 0 Å². The zero-order chi connectivity index (χ0) is 10.4. The van der Waals surface area contributed by atoms with Crippen LogP contribution in [0.4, 0.5) is 0 Å². The highest BCUT2D eigenvalue weighted by atomic mass is 14.6. The molecule has 0 aromatic carbocycles. The molecule has 1 nitrogen and oxygen atoms in total. The van der Waals surface area contributed by atoms with E-state index >= 15 is 0 Å². The zero-order valence-corrected chi connectivity index (χ0v) is 9.97. The molecule has 1 aliphatic rings. The lowest BCUT2D eigenvalue weighted by Crippen LogP contribution is -2.30. The number of hydrogen-bond donors (Lipinski definition) is 1. The molecule has 0 aromatic heterocycles. The van der Waals surface area contributed by atoms with Gasteiger partial charge in [-0.2, -0.15) is 0 Å². The summed E-state index contributed by atoms with van der Waals surface area (Å²) in [4.78, 5) is 0. The molecular formula is C13H27N. The third-order valence-corrected chi connectivity index (χ3v) is 3.58. The minimum Gasteiger partial charge on any atom is -0.327 e. The Balaban J connectivity index is 2.23. The Kier molecular flexibility index (Phi) is 5.54. The fourth-order valence-electron chi connectivity index (χ4n) is 2.50. The molecule has 84 valence electrons. The van der Waals surface area contributed by atoms with Crippen LogP contribution in [-0.2, 0) is 0 Å². The summed E-state index contributed by atoms with van der Waals surface area (Å²) in [6, 6.07) is 0.482. The average Bonchev–Trinajstić information content (AvgIpc) is 2.42. The maximum Gasteiger partial charge on any atom is 0.00672 e. The quantitative estimate of drug-likeness (QED) is 0.683. The predicted octanol–water partition coefficient (Wildman–Crippen LogP) is 3.72. The molecule has 2 N–H and O–H groups in total. The van der Waals surface area contributed by atoms with Crippen LogP contribution in [0.2, 0.25) is 0 Å². The molecule has 1 atom stereocenters. The van der Waals surface area contributed by atoms with Gasteiger partial charge in [-0.25, -0.2) is 0 Å². The van der Waals surface area contributed by atoms with Gasteiger partial charge in [0, 0.05) is 6.04 Å². The monoisotopic (exact) mass is 197 g/mol. The molecule has 0 amide bonds. The third-order valence-electron chi connectivity index (χ3n) is 3.58. The van der Waals surface area contributed by atoms with Gasteiger partial charge in [-0.05, 0) is 37.5 Å². The molecule has 1 fully saturated rings. The van der Waals surface area contributed by atoms with Crippen LogP contribution in [0, 0.1) is 11.8 Å². The van der Waals surface area contributed by atoms with E-state index in [-0.39, 0.29) is 0 Å². The van der Waals surface area contributed by atoms with Crippen LogP contribution in [0.25, 0.3) is 0 Å². The van der Waals surface area contributed by atoms with E-state index in [1.54, 1.807) is 0 Å². The molecule has 1 saturated carbocycles. The predicted molar refractivity (Wildman–Crippen MR) is 63.2 cm³/mol. The Bertz CT molecular complexity index is 134. The first-order valence-corrected chi connectivity index (χ1v) is 6.45. The molecule has 1 heteroatoms. The van der Waals surface area contributed by atoms with Crippen LogP contribution in [0.3, 0.4) is 0 Å². The fraction of sp³-hybridized carbons (Fsp3) is 1.00. The molecule has 1 rings (SSSR count). The van der Waals surface area contributed by atoms with Gasteiger partial charge in [0.05, 0.1) is 0 Å². The van der Waals surface area contributed by atoms with Crippen molar-refractivity contribution in [2.75, 3.05) is 0 Å². The first-order chi connectivity index (χ1) is 6.70. The van der Waals surface area contributed by atoms with E-state index in [0.29, 0.717) is 6.04 Å². The number of rotatable bonds is 4. The topological polar surface area (TPSA) is 26.0 Å². The van der Waals surface area contributed by atoms with Crippen LogP contribution in [0.15, 0.2) is 0 Å². The Hall–Kier alpha value is -0.0400. The van der Waals surface area contributed by atoms with Crippen molar-refractivity contribution in [3.63, 3.8) is 0 Å². The average molecular weight is 197 g/mol. The van der Waals surface area contributed by atoms with Crippen molar-refractivity contribution in [1.29, 1.82) is 0 Å². The van der Waals surface area contributed by atoms with E-state index in [1.807, 2.05) is 0 Å². The maximum absolute atomic E-state index is 6.27. The second-order valence-corrected chi connectivity index (χ2v) is 5.39. The highest BCUT2D eigenvalue weighted by Crippen LogP contribution is 2.26. The van der Waals surface area contributed by atoms with Crippen molar-refractivity contribution in [1.82, 2.24) is 0 Å². The van der Waals surface area contributed by atoms with Gasteiger partial charge in [0.2, 0.25) is 0 Å². The summed E-state index contributed by atoms with van der Waals surface area (Å²) in [7, 11) is 0. The van der Waals surface area contributed by atoms with Gasteiger partial charge in [-0.1, -0.05) is 39.5 Å². The normalized spacial score (nSPS) is 22.3. The largest absolute Gasteiger partial charge is 0.327 e. The summed E-state index contributed by atoms with van der Waals surface area (Å²) in [5.74, 6) is 1.64. The minimum atomic E-state index is 0.482. The van der Waals surface area contributed by atoms with Crippen molar-refractivity contribution in [3.05, 3.63) is 0 Å². The Morgan fingerprint density at radius 1 is 1.00 bits per heavy atom. The molecule has 14 heavy (non-hydrogen) atoms. The van der Waals surface area contributed by atoms with E-state index < -0.39 is 0 Å². The lowest BCUT2D eigenvalue weighted by Gasteiger charge is -2.22. The van der Waals surface area contributed by atoms with Gasteiger partial charge >= 0.3 is 0 Å². The van der Waals surface area contributed by atoms with Gasteiger partial charge in [-0.3, -0.25) is 0 Å². The summed E-state index contributed by atoms with van der Waals surface area (Å²) in [5, 5.41) is 0. The molecule has 0 bridgehead atoms. The zero-order valence-electron chi connectivity index (χ0n) is 9.97. The molecule has 0 saturated heterocycles. The molecule has 1 aliphatic carbocycles. The van der Waals surface area contributed by atoms with E-state index in [9.17, 15) is 0 Å². The number of nitrogens with two attached hydrogens (primary N) is 1. The molecular weight excluding hydrogens is 170 g/mol. The molecule has 0 spiro atoms. The summed E-state index contributed by atoms with van der Waals surface area (Å²) in [6.45, 7) is 4.58. The summed E-state index contributed by atoms with van der Waals surface area (Å²) in [5.41, 5.74) is 6.27. The Morgan fingerprint density at radius 2 is 1.57 bits per heavy atom. The Labute approximate surface area is 89.5 Å². The smallest absolute Gasteiger partial charge is 0.00672 e. The molecule has 0 heterocycles. The van der Waals surface area contributed by atoms with Gasteiger partial charge in [0.1, 0.15) is 0 Å². The van der Waals surface area contributed by atoms with Crippen molar-refractivity contribution in [3.8, 4) is 0 Å². The first kappa shape index (κ1) is 12.0. The van der Waals surface area contributed by atoms with Gasteiger partial charge in [0.25, 0.3) is 0 Å². The fourth-order valence-corrected chi connectivity index (χ4v) is 2.50. The van der Waals surface area contributed by atoms with Crippen molar-refractivity contribution < 1.29 is 0 Å². The molecule has 0 aromatic rings. The maximum atomic E-state index is 6.27. The van der Waals surface area contributed by atoms with Crippen LogP contribution in [0.1, 0.15) is 65.2 Å². The van der Waals surface area contributed by atoms with Crippen molar-refractivity contribution >= 4 is 0 Å². The number of hydrogen-bond acceptors (Lipinski definition) is 1. The highest BCUT2D eigenvalue weighted by Gasteiger charge is 2.19. The molecule has 0 radical (unpaired) electrons. The van der Waals surface area contributed by atoms with E-state index in [0.717, 1.165) is 11.8 Å². The SMILES string of the molecule is CC(C)CCC(N)C1CCCCCC1. The van der Waals surface area contributed by atoms with Crippen molar-refractivity contribution in [2.24, 2.45) is 17.6 Å². The van der Waals surface area contributed by atoms with Gasteiger partial charge < -0.3 is 5.73 Å². The lowest BCUT2D eigenvalue weighted by atomic mass is 9.88. The highest BCUT2D eigenvalue weighted by molar-refractivity contribution is 4.75.